The van der Waals surface area contributed by atoms with E-state index in [2.05, 4.69) is 25.3 Å². The molecule has 2 aromatic heterocycles. The minimum atomic E-state index is -0.103. The van der Waals surface area contributed by atoms with Gasteiger partial charge in [0.25, 0.3) is 0 Å². The van der Waals surface area contributed by atoms with Gasteiger partial charge in [-0.05, 0) is 19.1 Å². The zero-order valence-electron chi connectivity index (χ0n) is 11.8. The first-order chi connectivity index (χ1) is 10.6. The number of aromatic nitrogens is 4. The maximum absolute atomic E-state index is 11.9. The largest absolute Gasteiger partial charge is 0.382 e. The van der Waals surface area contributed by atoms with Crippen LogP contribution in [0.15, 0.2) is 35.7 Å². The van der Waals surface area contributed by atoms with E-state index in [1.54, 1.807) is 0 Å². The van der Waals surface area contributed by atoms with Crippen molar-refractivity contribution in [1.29, 1.82) is 0 Å². The van der Waals surface area contributed by atoms with E-state index in [0.717, 1.165) is 11.3 Å². The maximum atomic E-state index is 11.9. The summed E-state index contributed by atoms with van der Waals surface area (Å²) in [4.78, 5) is 27.1. The number of aromatic amines is 1. The summed E-state index contributed by atoms with van der Waals surface area (Å²) in [6.07, 6.45) is 1.36. The lowest BCUT2D eigenvalue weighted by Crippen LogP contribution is -2.14. The van der Waals surface area contributed by atoms with E-state index < -0.39 is 0 Å². The molecule has 0 aliphatic rings. The number of nitrogen functional groups attached to an aromatic ring is 1. The first-order valence-corrected chi connectivity index (χ1v) is 7.56. The number of carbonyl (C=O) groups is 1. The molecule has 0 aliphatic carbocycles. The Morgan fingerprint density at radius 1 is 1.32 bits per heavy atom. The van der Waals surface area contributed by atoms with Gasteiger partial charge in [0.2, 0.25) is 5.91 Å². The number of amides is 1. The number of hydrogen-bond donors (Lipinski definition) is 3. The van der Waals surface area contributed by atoms with Gasteiger partial charge in [-0.2, -0.15) is 0 Å². The highest BCUT2D eigenvalue weighted by Gasteiger charge is 2.10. The van der Waals surface area contributed by atoms with Gasteiger partial charge in [0.05, 0.1) is 5.75 Å². The second-order valence-electron chi connectivity index (χ2n) is 4.70. The molecule has 0 spiro atoms. The van der Waals surface area contributed by atoms with E-state index in [0.29, 0.717) is 22.1 Å². The van der Waals surface area contributed by atoms with Crippen molar-refractivity contribution in [2.24, 2.45) is 0 Å². The van der Waals surface area contributed by atoms with Crippen LogP contribution in [0.5, 0.6) is 0 Å². The number of fused-ring (bicyclic) bond motifs is 1. The topological polar surface area (TPSA) is 110 Å². The van der Waals surface area contributed by atoms with Gasteiger partial charge in [-0.15, -0.1) is 0 Å². The minimum absolute atomic E-state index is 0.103. The van der Waals surface area contributed by atoms with Crippen molar-refractivity contribution >= 4 is 40.3 Å². The molecule has 2 heterocycles. The monoisotopic (exact) mass is 314 g/mol. The Bertz CT molecular complexity index is 814. The number of nitrogens with two attached hydrogens (primary N) is 1. The standard InChI is InChI=1S/C14H14N6OS/c1-8-2-4-9(5-3-8)18-10(21)6-22-14-19-11-12(15)16-7-17-13(11)20-14/h2-5,7H,6H2,1H3,(H,18,21)(H3,15,16,17,19,20). The Balaban J connectivity index is 1.62. The molecule has 112 valence electrons. The molecule has 0 radical (unpaired) electrons. The fourth-order valence-electron chi connectivity index (χ4n) is 1.86. The second kappa shape index (κ2) is 6.02. The van der Waals surface area contributed by atoms with Crippen LogP contribution < -0.4 is 11.1 Å². The van der Waals surface area contributed by atoms with Gasteiger partial charge in [-0.1, -0.05) is 29.5 Å². The van der Waals surface area contributed by atoms with Crippen molar-refractivity contribution in [3.05, 3.63) is 36.2 Å². The third-order valence-electron chi connectivity index (χ3n) is 2.97. The van der Waals surface area contributed by atoms with Crippen LogP contribution in [-0.4, -0.2) is 31.6 Å². The van der Waals surface area contributed by atoms with E-state index in [1.165, 1.54) is 18.1 Å². The van der Waals surface area contributed by atoms with E-state index in [4.69, 9.17) is 5.73 Å². The fourth-order valence-corrected chi connectivity index (χ4v) is 2.53. The zero-order valence-corrected chi connectivity index (χ0v) is 12.6. The number of hydrogen-bond acceptors (Lipinski definition) is 6. The van der Waals surface area contributed by atoms with Crippen LogP contribution in [0, 0.1) is 6.92 Å². The average molecular weight is 314 g/mol. The highest BCUT2D eigenvalue weighted by atomic mass is 32.2. The Morgan fingerprint density at radius 2 is 2.09 bits per heavy atom. The number of imidazole rings is 1. The van der Waals surface area contributed by atoms with Crippen LogP contribution in [-0.2, 0) is 4.79 Å². The van der Waals surface area contributed by atoms with Gasteiger partial charge in [-0.25, -0.2) is 15.0 Å². The Kier molecular flexibility index (Phi) is 3.92. The molecule has 4 N–H and O–H groups in total. The molecule has 1 amide bonds. The van der Waals surface area contributed by atoms with Crippen molar-refractivity contribution in [3.63, 3.8) is 0 Å². The molecule has 0 unspecified atom stereocenters. The molecule has 22 heavy (non-hydrogen) atoms. The normalized spacial score (nSPS) is 10.8. The van der Waals surface area contributed by atoms with Crippen LogP contribution >= 0.6 is 11.8 Å². The molecule has 3 aromatic rings. The summed E-state index contributed by atoms with van der Waals surface area (Å²) in [5, 5.41) is 3.41. The Morgan fingerprint density at radius 3 is 2.82 bits per heavy atom. The number of nitrogens with one attached hydrogen (secondary N) is 2. The van der Waals surface area contributed by atoms with E-state index in [1.807, 2.05) is 31.2 Å². The highest BCUT2D eigenvalue weighted by Crippen LogP contribution is 2.20. The summed E-state index contributed by atoms with van der Waals surface area (Å²) < 4.78 is 0. The number of rotatable bonds is 4. The molecule has 0 aliphatic heterocycles. The van der Waals surface area contributed by atoms with Crippen molar-refractivity contribution in [2.75, 3.05) is 16.8 Å². The lowest BCUT2D eigenvalue weighted by atomic mass is 10.2. The summed E-state index contributed by atoms with van der Waals surface area (Å²) >= 11 is 1.28. The van der Waals surface area contributed by atoms with Crippen molar-refractivity contribution in [3.8, 4) is 0 Å². The Hall–Kier alpha value is -2.61. The Labute approximate surface area is 130 Å². The number of carbonyl (C=O) groups excluding carboxylic acids is 1. The first kappa shape index (κ1) is 14.3. The van der Waals surface area contributed by atoms with Gasteiger partial charge >= 0.3 is 0 Å². The third kappa shape index (κ3) is 3.17. The molecule has 8 heteroatoms. The predicted octanol–water partition coefficient (Wildman–Crippen LogP) is 1.97. The molecule has 0 fully saturated rings. The summed E-state index contributed by atoms with van der Waals surface area (Å²) in [5.41, 5.74) is 8.73. The van der Waals surface area contributed by atoms with E-state index >= 15 is 0 Å². The lowest BCUT2D eigenvalue weighted by molar-refractivity contribution is -0.113. The fraction of sp³-hybridized carbons (Fsp3) is 0.143. The van der Waals surface area contributed by atoms with Crippen LogP contribution in [0.3, 0.4) is 0 Å². The highest BCUT2D eigenvalue weighted by molar-refractivity contribution is 7.99. The molecule has 3 rings (SSSR count). The van der Waals surface area contributed by atoms with Crippen LogP contribution in [0.2, 0.25) is 0 Å². The van der Waals surface area contributed by atoms with Gasteiger partial charge in [0.15, 0.2) is 16.6 Å². The summed E-state index contributed by atoms with van der Waals surface area (Å²) in [6.45, 7) is 2.00. The lowest BCUT2D eigenvalue weighted by Gasteiger charge is -2.04. The number of nitrogens with zero attached hydrogens (tertiary/aromatic N) is 3. The van der Waals surface area contributed by atoms with Crippen molar-refractivity contribution in [2.45, 2.75) is 12.1 Å². The second-order valence-corrected chi connectivity index (χ2v) is 5.67. The van der Waals surface area contributed by atoms with Gasteiger partial charge in [0.1, 0.15) is 11.8 Å². The molecular weight excluding hydrogens is 300 g/mol. The van der Waals surface area contributed by atoms with Crippen LogP contribution in [0.4, 0.5) is 11.5 Å². The summed E-state index contributed by atoms with van der Waals surface area (Å²) in [6, 6.07) is 7.64. The smallest absolute Gasteiger partial charge is 0.234 e. The number of benzene rings is 1. The average Bonchev–Trinajstić information content (AvgIpc) is 2.92. The maximum Gasteiger partial charge on any atom is 0.234 e. The minimum Gasteiger partial charge on any atom is -0.382 e. The number of H-pyrrole nitrogens is 1. The zero-order chi connectivity index (χ0) is 15.5. The number of thioether (sulfide) groups is 1. The van der Waals surface area contributed by atoms with Gasteiger partial charge < -0.3 is 16.0 Å². The number of aryl methyl sites for hydroxylation is 1. The first-order valence-electron chi connectivity index (χ1n) is 6.57. The van der Waals surface area contributed by atoms with Gasteiger partial charge in [-0.3, -0.25) is 4.79 Å². The SMILES string of the molecule is Cc1ccc(NC(=O)CSc2nc3ncnc(N)c3[nH]2)cc1. The molecule has 0 saturated heterocycles. The number of anilines is 2. The summed E-state index contributed by atoms with van der Waals surface area (Å²) in [5.74, 6) is 0.475. The summed E-state index contributed by atoms with van der Waals surface area (Å²) in [7, 11) is 0. The quantitative estimate of drug-likeness (QED) is 0.635. The van der Waals surface area contributed by atoms with Crippen LogP contribution in [0.25, 0.3) is 11.2 Å². The third-order valence-corrected chi connectivity index (χ3v) is 3.84. The molecule has 0 bridgehead atoms. The van der Waals surface area contributed by atoms with Crippen molar-refractivity contribution < 1.29 is 4.79 Å². The van der Waals surface area contributed by atoms with Gasteiger partial charge in [0, 0.05) is 5.69 Å². The van der Waals surface area contributed by atoms with Crippen LogP contribution in [0.1, 0.15) is 5.56 Å². The van der Waals surface area contributed by atoms with Crippen molar-refractivity contribution in [1.82, 2.24) is 19.9 Å². The predicted molar refractivity (Wildman–Crippen MR) is 86.6 cm³/mol. The van der Waals surface area contributed by atoms with E-state index in [-0.39, 0.29) is 11.7 Å². The molecule has 0 atom stereocenters. The molecular formula is C14H14N6OS. The molecule has 7 nitrogen and oxygen atoms in total. The van der Waals surface area contributed by atoms with E-state index in [9.17, 15) is 4.79 Å². The molecule has 1 aromatic carbocycles. The molecule has 0 saturated carbocycles.